The first kappa shape index (κ1) is 12.9. The minimum Gasteiger partial charge on any atom is -0.382 e. The van der Waals surface area contributed by atoms with Crippen LogP contribution in [0.3, 0.4) is 0 Å². The molecular formula is C15H15ClFN. The summed E-state index contributed by atoms with van der Waals surface area (Å²) in [5.41, 5.74) is 2.15. The van der Waals surface area contributed by atoms with Crippen LogP contribution in [-0.2, 0) is 6.42 Å². The summed E-state index contributed by atoms with van der Waals surface area (Å²) in [7, 11) is 0. The van der Waals surface area contributed by atoms with Gasteiger partial charge < -0.3 is 5.32 Å². The maximum Gasteiger partial charge on any atom is 0.123 e. The Bertz CT molecular complexity index is 445. The third-order valence-corrected chi connectivity index (χ3v) is 2.96. The molecule has 18 heavy (non-hydrogen) atoms. The smallest absolute Gasteiger partial charge is 0.123 e. The summed E-state index contributed by atoms with van der Waals surface area (Å²) in [6.45, 7) is 2.10. The Hall–Kier alpha value is -1.54. The molecule has 94 valence electrons. The molecule has 0 saturated carbocycles. The molecule has 0 saturated heterocycles. The van der Waals surface area contributed by atoms with E-state index in [-0.39, 0.29) is 11.9 Å². The molecule has 2 rings (SSSR count). The Labute approximate surface area is 112 Å². The lowest BCUT2D eigenvalue weighted by Gasteiger charge is -2.15. The van der Waals surface area contributed by atoms with Gasteiger partial charge in [-0.05, 0) is 55.3 Å². The molecule has 0 aromatic heterocycles. The first-order valence-corrected chi connectivity index (χ1v) is 6.28. The monoisotopic (exact) mass is 263 g/mol. The summed E-state index contributed by atoms with van der Waals surface area (Å²) in [4.78, 5) is 0. The van der Waals surface area contributed by atoms with Crippen LogP contribution in [0, 0.1) is 5.82 Å². The zero-order valence-electron chi connectivity index (χ0n) is 10.2. The van der Waals surface area contributed by atoms with Crippen LogP contribution in [0.15, 0.2) is 48.5 Å². The lowest BCUT2D eigenvalue weighted by Crippen LogP contribution is -2.17. The minimum atomic E-state index is -0.217. The van der Waals surface area contributed by atoms with Gasteiger partial charge in [0.25, 0.3) is 0 Å². The van der Waals surface area contributed by atoms with Crippen LogP contribution in [0.1, 0.15) is 12.5 Å². The first-order chi connectivity index (χ1) is 8.63. The van der Waals surface area contributed by atoms with Crippen LogP contribution in [0.25, 0.3) is 0 Å². The van der Waals surface area contributed by atoms with Crippen molar-refractivity contribution in [2.45, 2.75) is 19.4 Å². The van der Waals surface area contributed by atoms with E-state index in [0.717, 1.165) is 17.1 Å². The maximum absolute atomic E-state index is 12.8. The van der Waals surface area contributed by atoms with Crippen molar-refractivity contribution in [1.29, 1.82) is 0 Å². The predicted octanol–water partition coefficient (Wildman–Crippen LogP) is 4.52. The summed E-state index contributed by atoms with van der Waals surface area (Å²) < 4.78 is 12.8. The summed E-state index contributed by atoms with van der Waals surface area (Å²) >= 11 is 5.84. The molecule has 0 aliphatic carbocycles. The molecule has 0 aliphatic rings. The van der Waals surface area contributed by atoms with Crippen molar-refractivity contribution in [3.63, 3.8) is 0 Å². The number of halogens is 2. The number of hydrogen-bond donors (Lipinski definition) is 1. The van der Waals surface area contributed by atoms with Crippen molar-refractivity contribution < 1.29 is 4.39 Å². The van der Waals surface area contributed by atoms with E-state index in [2.05, 4.69) is 12.2 Å². The van der Waals surface area contributed by atoms with E-state index in [0.29, 0.717) is 0 Å². The van der Waals surface area contributed by atoms with Crippen LogP contribution >= 0.6 is 11.6 Å². The fourth-order valence-electron chi connectivity index (χ4n) is 1.86. The molecule has 0 fully saturated rings. The van der Waals surface area contributed by atoms with E-state index in [1.54, 1.807) is 12.1 Å². The fraction of sp³-hybridized carbons (Fsp3) is 0.200. The average Bonchev–Trinajstić information content (AvgIpc) is 2.35. The highest BCUT2D eigenvalue weighted by Crippen LogP contribution is 2.14. The van der Waals surface area contributed by atoms with Gasteiger partial charge in [0.1, 0.15) is 5.82 Å². The topological polar surface area (TPSA) is 12.0 Å². The van der Waals surface area contributed by atoms with Crippen molar-refractivity contribution >= 4 is 17.3 Å². The number of hydrogen-bond acceptors (Lipinski definition) is 1. The Kier molecular flexibility index (Phi) is 4.21. The first-order valence-electron chi connectivity index (χ1n) is 5.90. The molecule has 3 heteroatoms. The number of rotatable bonds is 4. The fourth-order valence-corrected chi connectivity index (χ4v) is 1.98. The Morgan fingerprint density at radius 1 is 1.06 bits per heavy atom. The molecule has 2 aromatic rings. The van der Waals surface area contributed by atoms with Gasteiger partial charge in [-0.15, -0.1) is 0 Å². The van der Waals surface area contributed by atoms with Crippen LogP contribution in [0.4, 0.5) is 10.1 Å². The molecule has 1 nitrogen and oxygen atoms in total. The van der Waals surface area contributed by atoms with Crippen LogP contribution in [-0.4, -0.2) is 6.04 Å². The highest BCUT2D eigenvalue weighted by molar-refractivity contribution is 6.30. The van der Waals surface area contributed by atoms with Crippen LogP contribution in [0.5, 0.6) is 0 Å². The summed E-state index contributed by atoms with van der Waals surface area (Å²) in [6, 6.07) is 14.5. The second-order valence-corrected chi connectivity index (χ2v) is 4.82. The van der Waals surface area contributed by atoms with Gasteiger partial charge in [0.2, 0.25) is 0 Å². The highest BCUT2D eigenvalue weighted by Gasteiger charge is 2.03. The van der Waals surface area contributed by atoms with Crippen molar-refractivity contribution in [1.82, 2.24) is 0 Å². The summed E-state index contributed by atoms with van der Waals surface area (Å²) in [6.07, 6.45) is 0.897. The molecule has 0 aliphatic heterocycles. The van der Waals surface area contributed by atoms with Gasteiger partial charge in [-0.1, -0.05) is 23.7 Å². The quantitative estimate of drug-likeness (QED) is 0.855. The molecule has 0 heterocycles. The van der Waals surface area contributed by atoms with E-state index in [9.17, 15) is 4.39 Å². The Balaban J connectivity index is 1.94. The SMILES string of the molecule is CC(Cc1ccc(Cl)cc1)Nc1ccc(F)cc1. The lowest BCUT2D eigenvalue weighted by molar-refractivity contribution is 0.628. The average molecular weight is 264 g/mol. The van der Waals surface area contributed by atoms with Crippen molar-refractivity contribution in [2.75, 3.05) is 5.32 Å². The lowest BCUT2D eigenvalue weighted by atomic mass is 10.1. The van der Waals surface area contributed by atoms with Crippen LogP contribution in [0.2, 0.25) is 5.02 Å². The molecular weight excluding hydrogens is 249 g/mol. The molecule has 0 bridgehead atoms. The Morgan fingerprint density at radius 3 is 2.28 bits per heavy atom. The van der Waals surface area contributed by atoms with E-state index in [1.807, 2.05) is 24.3 Å². The third kappa shape index (κ3) is 3.74. The van der Waals surface area contributed by atoms with E-state index in [1.165, 1.54) is 17.7 Å². The van der Waals surface area contributed by atoms with E-state index in [4.69, 9.17) is 11.6 Å². The molecule has 0 spiro atoms. The zero-order valence-corrected chi connectivity index (χ0v) is 10.9. The highest BCUT2D eigenvalue weighted by atomic mass is 35.5. The molecule has 1 atom stereocenters. The largest absolute Gasteiger partial charge is 0.382 e. The van der Waals surface area contributed by atoms with Gasteiger partial charge >= 0.3 is 0 Å². The zero-order chi connectivity index (χ0) is 13.0. The number of anilines is 1. The number of benzene rings is 2. The molecule has 1 unspecified atom stereocenters. The normalized spacial score (nSPS) is 12.2. The van der Waals surface area contributed by atoms with Crippen molar-refractivity contribution in [3.05, 3.63) is 64.9 Å². The predicted molar refractivity (Wildman–Crippen MR) is 74.6 cm³/mol. The third-order valence-electron chi connectivity index (χ3n) is 2.71. The summed E-state index contributed by atoms with van der Waals surface area (Å²) in [5, 5.41) is 4.08. The van der Waals surface area contributed by atoms with Gasteiger partial charge in [0.05, 0.1) is 0 Å². The summed E-state index contributed by atoms with van der Waals surface area (Å²) in [5.74, 6) is -0.217. The van der Waals surface area contributed by atoms with Crippen LogP contribution < -0.4 is 5.32 Å². The Morgan fingerprint density at radius 2 is 1.67 bits per heavy atom. The van der Waals surface area contributed by atoms with Gasteiger partial charge in [0, 0.05) is 16.8 Å². The van der Waals surface area contributed by atoms with Gasteiger partial charge in [-0.2, -0.15) is 0 Å². The standard InChI is InChI=1S/C15H15ClFN/c1-11(10-12-2-4-13(16)5-3-12)18-15-8-6-14(17)7-9-15/h2-9,11,18H,10H2,1H3. The molecule has 2 aromatic carbocycles. The number of nitrogens with one attached hydrogen (secondary N) is 1. The second-order valence-electron chi connectivity index (χ2n) is 4.38. The molecule has 0 radical (unpaired) electrons. The van der Waals surface area contributed by atoms with E-state index >= 15 is 0 Å². The minimum absolute atomic E-state index is 0.217. The van der Waals surface area contributed by atoms with Gasteiger partial charge in [0.15, 0.2) is 0 Å². The van der Waals surface area contributed by atoms with E-state index < -0.39 is 0 Å². The van der Waals surface area contributed by atoms with Crippen molar-refractivity contribution in [2.24, 2.45) is 0 Å². The van der Waals surface area contributed by atoms with Gasteiger partial charge in [-0.25, -0.2) is 4.39 Å². The molecule has 1 N–H and O–H groups in total. The second kappa shape index (κ2) is 5.87. The van der Waals surface area contributed by atoms with Crippen molar-refractivity contribution in [3.8, 4) is 0 Å². The molecule has 0 amide bonds. The van der Waals surface area contributed by atoms with Gasteiger partial charge in [-0.3, -0.25) is 0 Å². The maximum atomic E-state index is 12.8.